The molecule has 0 aromatic heterocycles. The summed E-state index contributed by atoms with van der Waals surface area (Å²) < 4.78 is 33.6. The maximum absolute atomic E-state index is 12.3. The number of nitrogens with one attached hydrogen (secondary N) is 1. The maximum atomic E-state index is 12.3. The van der Waals surface area contributed by atoms with E-state index in [1.165, 1.54) is 0 Å². The Labute approximate surface area is 163 Å². The fraction of sp³-hybridized carbons (Fsp3) is 0.300. The molecule has 1 aliphatic heterocycles. The number of amides is 1. The summed E-state index contributed by atoms with van der Waals surface area (Å²) in [7, 11) is -3.09. The van der Waals surface area contributed by atoms with Crippen molar-refractivity contribution in [1.82, 2.24) is 5.32 Å². The molecule has 1 amide bonds. The van der Waals surface area contributed by atoms with Gasteiger partial charge in [-0.1, -0.05) is 42.5 Å². The van der Waals surface area contributed by atoms with Gasteiger partial charge in [0.2, 0.25) is 0 Å². The van der Waals surface area contributed by atoms with Crippen molar-refractivity contribution in [2.24, 2.45) is 0 Å². The third kappa shape index (κ3) is 5.56. The molecular formula is C20H21NO6S. The second kappa shape index (κ2) is 8.88. The Balaban J connectivity index is 1.53. The zero-order valence-electron chi connectivity index (χ0n) is 15.2. The van der Waals surface area contributed by atoms with Crippen LogP contribution in [0.4, 0.5) is 0 Å². The van der Waals surface area contributed by atoms with E-state index < -0.39 is 34.4 Å². The van der Waals surface area contributed by atoms with Gasteiger partial charge in [-0.2, -0.15) is 0 Å². The van der Waals surface area contributed by atoms with Crippen molar-refractivity contribution in [3.63, 3.8) is 0 Å². The topological polar surface area (TPSA) is 98.8 Å². The first-order valence-electron chi connectivity index (χ1n) is 8.85. The lowest BCUT2D eigenvalue weighted by Gasteiger charge is -2.13. The third-order valence-electron chi connectivity index (χ3n) is 4.28. The molecule has 2 aromatic carbocycles. The lowest BCUT2D eigenvalue weighted by atomic mass is 10.2. The number of sulfone groups is 1. The van der Waals surface area contributed by atoms with Gasteiger partial charge in [0.05, 0.1) is 11.5 Å². The predicted molar refractivity (Wildman–Crippen MR) is 103 cm³/mol. The molecule has 8 heteroatoms. The minimum atomic E-state index is -3.09. The molecule has 1 fully saturated rings. The van der Waals surface area contributed by atoms with E-state index in [-0.39, 0.29) is 17.1 Å². The van der Waals surface area contributed by atoms with Crippen molar-refractivity contribution < 1.29 is 27.5 Å². The van der Waals surface area contributed by atoms with Crippen molar-refractivity contribution in [1.29, 1.82) is 0 Å². The number of hydrogen-bond donors (Lipinski definition) is 1. The molecule has 148 valence electrons. The van der Waals surface area contributed by atoms with Gasteiger partial charge in [-0.15, -0.1) is 0 Å². The zero-order chi connectivity index (χ0) is 20.0. The number of carbonyl (C=O) groups excluding carboxylic acids is 2. The number of rotatable bonds is 7. The molecule has 7 nitrogen and oxygen atoms in total. The molecule has 2 aromatic rings. The Morgan fingerprint density at radius 2 is 1.75 bits per heavy atom. The van der Waals surface area contributed by atoms with Crippen LogP contribution in [0.25, 0.3) is 0 Å². The number of benzene rings is 2. The summed E-state index contributed by atoms with van der Waals surface area (Å²) in [6.07, 6.45) is 0.373. The quantitative estimate of drug-likeness (QED) is 0.707. The second-order valence-electron chi connectivity index (χ2n) is 6.51. The van der Waals surface area contributed by atoms with Crippen LogP contribution in [0, 0.1) is 0 Å². The summed E-state index contributed by atoms with van der Waals surface area (Å²) >= 11 is 0. The molecule has 28 heavy (non-hydrogen) atoms. The lowest BCUT2D eigenvalue weighted by molar-refractivity contribution is -0.124. The summed E-state index contributed by atoms with van der Waals surface area (Å²) in [6.45, 7) is -0.190. The van der Waals surface area contributed by atoms with Gasteiger partial charge in [0.25, 0.3) is 5.91 Å². The van der Waals surface area contributed by atoms with Crippen molar-refractivity contribution >= 4 is 21.7 Å². The summed E-state index contributed by atoms with van der Waals surface area (Å²) in [4.78, 5) is 24.3. The Bertz CT molecular complexity index is 942. The van der Waals surface area contributed by atoms with Gasteiger partial charge >= 0.3 is 5.97 Å². The minimum absolute atomic E-state index is 0.0594. The highest BCUT2D eigenvalue weighted by Gasteiger charge is 2.29. The van der Waals surface area contributed by atoms with E-state index in [0.29, 0.717) is 18.8 Å². The molecule has 0 radical (unpaired) electrons. The first-order valence-corrected chi connectivity index (χ1v) is 10.7. The molecular weight excluding hydrogens is 382 g/mol. The number of hydrogen-bond acceptors (Lipinski definition) is 6. The van der Waals surface area contributed by atoms with E-state index in [1.807, 2.05) is 30.3 Å². The molecule has 0 unspecified atom stereocenters. The Hall–Kier alpha value is -2.87. The van der Waals surface area contributed by atoms with Crippen LogP contribution in [0.2, 0.25) is 0 Å². The summed E-state index contributed by atoms with van der Waals surface area (Å²) in [5, 5.41) is 2.58. The van der Waals surface area contributed by atoms with Crippen LogP contribution in [0.3, 0.4) is 0 Å². The van der Waals surface area contributed by atoms with E-state index in [0.717, 1.165) is 5.56 Å². The predicted octanol–water partition coefficient (Wildman–Crippen LogP) is 1.73. The van der Waals surface area contributed by atoms with Crippen molar-refractivity contribution in [2.45, 2.75) is 19.1 Å². The summed E-state index contributed by atoms with van der Waals surface area (Å²) in [5.41, 5.74) is 1.17. The van der Waals surface area contributed by atoms with Gasteiger partial charge in [0, 0.05) is 6.04 Å². The van der Waals surface area contributed by atoms with Crippen molar-refractivity contribution in [3.05, 3.63) is 65.7 Å². The Morgan fingerprint density at radius 1 is 1.04 bits per heavy atom. The van der Waals surface area contributed by atoms with Crippen LogP contribution in [0.5, 0.6) is 5.75 Å². The highest BCUT2D eigenvalue weighted by atomic mass is 32.2. The zero-order valence-corrected chi connectivity index (χ0v) is 16.0. The molecule has 0 aliphatic carbocycles. The fourth-order valence-corrected chi connectivity index (χ4v) is 4.56. The third-order valence-corrected chi connectivity index (χ3v) is 6.04. The van der Waals surface area contributed by atoms with Gasteiger partial charge in [0.15, 0.2) is 16.4 Å². The molecule has 1 heterocycles. The number of carbonyl (C=O) groups is 2. The molecule has 1 atom stereocenters. The average molecular weight is 403 g/mol. The second-order valence-corrected chi connectivity index (χ2v) is 8.74. The van der Waals surface area contributed by atoms with Gasteiger partial charge in [-0.05, 0) is 24.1 Å². The highest BCUT2D eigenvalue weighted by molar-refractivity contribution is 7.91. The first-order chi connectivity index (χ1) is 13.4. The van der Waals surface area contributed by atoms with Crippen LogP contribution in [0.1, 0.15) is 22.3 Å². The monoisotopic (exact) mass is 403 g/mol. The van der Waals surface area contributed by atoms with E-state index >= 15 is 0 Å². The van der Waals surface area contributed by atoms with Gasteiger partial charge < -0.3 is 14.8 Å². The van der Waals surface area contributed by atoms with Gasteiger partial charge in [-0.25, -0.2) is 13.2 Å². The van der Waals surface area contributed by atoms with Crippen LogP contribution in [-0.2, 0) is 26.0 Å². The van der Waals surface area contributed by atoms with Crippen LogP contribution in [0.15, 0.2) is 54.6 Å². The van der Waals surface area contributed by atoms with E-state index in [1.54, 1.807) is 24.3 Å². The minimum Gasteiger partial charge on any atom is -0.488 e. The molecule has 1 saturated heterocycles. The van der Waals surface area contributed by atoms with E-state index in [2.05, 4.69) is 5.32 Å². The normalized spacial score (nSPS) is 17.6. The lowest BCUT2D eigenvalue weighted by Crippen LogP contribution is -2.38. The molecule has 1 aliphatic rings. The SMILES string of the molecule is O=C(COC(=O)c1ccccc1OCc1ccccc1)N[C@@H]1CCS(=O)(=O)C1. The Kier molecular flexibility index (Phi) is 6.30. The van der Waals surface area contributed by atoms with Crippen molar-refractivity contribution in [2.75, 3.05) is 18.1 Å². The molecule has 0 bridgehead atoms. The first kappa shape index (κ1) is 19.9. The largest absolute Gasteiger partial charge is 0.488 e. The standard InChI is InChI=1S/C20H21NO6S/c22-19(21-16-10-11-28(24,25)14-16)13-27-20(23)17-8-4-5-9-18(17)26-12-15-6-2-1-3-7-15/h1-9,16H,10-14H2,(H,21,22)/t16-/m1/s1. The Morgan fingerprint density at radius 3 is 2.46 bits per heavy atom. The molecule has 3 rings (SSSR count). The average Bonchev–Trinajstić information content (AvgIpc) is 3.03. The molecule has 0 saturated carbocycles. The summed E-state index contributed by atoms with van der Waals surface area (Å²) in [6, 6.07) is 15.7. The van der Waals surface area contributed by atoms with Gasteiger partial charge in [0.1, 0.15) is 17.9 Å². The molecule has 1 N–H and O–H groups in total. The highest BCUT2D eigenvalue weighted by Crippen LogP contribution is 2.20. The fourth-order valence-electron chi connectivity index (χ4n) is 2.88. The van der Waals surface area contributed by atoms with Crippen molar-refractivity contribution in [3.8, 4) is 5.75 Å². The van der Waals surface area contributed by atoms with Crippen LogP contribution < -0.4 is 10.1 Å². The van der Waals surface area contributed by atoms with Gasteiger partial charge in [-0.3, -0.25) is 4.79 Å². The summed E-state index contributed by atoms with van der Waals surface area (Å²) in [5.74, 6) is -0.873. The van der Waals surface area contributed by atoms with Crippen LogP contribution in [-0.4, -0.2) is 44.4 Å². The maximum Gasteiger partial charge on any atom is 0.342 e. The number of esters is 1. The number of para-hydroxylation sites is 1. The van der Waals surface area contributed by atoms with E-state index in [9.17, 15) is 18.0 Å². The molecule has 0 spiro atoms. The smallest absolute Gasteiger partial charge is 0.342 e. The van der Waals surface area contributed by atoms with E-state index in [4.69, 9.17) is 9.47 Å². The van der Waals surface area contributed by atoms with Crippen LogP contribution >= 0.6 is 0 Å². The number of ether oxygens (including phenoxy) is 2.